The molecule has 0 bridgehead atoms. The lowest BCUT2D eigenvalue weighted by Gasteiger charge is -2.10. The van der Waals surface area contributed by atoms with Gasteiger partial charge in [0.25, 0.3) is 5.91 Å². The number of carbonyl (C=O) groups excluding carboxylic acids is 2. The Morgan fingerprint density at radius 2 is 2.08 bits per heavy atom. The fraction of sp³-hybridized carbons (Fsp3) is 0.167. The summed E-state index contributed by atoms with van der Waals surface area (Å²) >= 11 is 5.85. The molecule has 8 heteroatoms. The Morgan fingerprint density at radius 3 is 2.77 bits per heavy atom. The van der Waals surface area contributed by atoms with Crippen LogP contribution in [0.3, 0.4) is 0 Å². The third-order valence-corrected chi connectivity index (χ3v) is 3.46. The number of aromatic hydroxyl groups is 1. The van der Waals surface area contributed by atoms with Gasteiger partial charge in [-0.15, -0.1) is 0 Å². The standard InChI is InChI=1S/C18H15ClN2O5/c1-2-25-15-8-12(7-14(19)17(15)23)18(24)26-10-16(22)21-13-5-3-4-11(6-13)9-20/h3-8,23H,2,10H2,1H3,(H,21,22). The van der Waals surface area contributed by atoms with Crippen LogP contribution in [0.1, 0.15) is 22.8 Å². The summed E-state index contributed by atoms with van der Waals surface area (Å²) in [4.78, 5) is 24.0. The van der Waals surface area contributed by atoms with Crippen LogP contribution in [0.4, 0.5) is 5.69 Å². The van der Waals surface area contributed by atoms with E-state index in [1.807, 2.05) is 6.07 Å². The summed E-state index contributed by atoms with van der Waals surface area (Å²) in [6.07, 6.45) is 0. The summed E-state index contributed by atoms with van der Waals surface area (Å²) in [5, 5.41) is 21.0. The Bertz CT molecular complexity index is 876. The van der Waals surface area contributed by atoms with Crippen LogP contribution in [0.25, 0.3) is 0 Å². The number of phenols is 1. The summed E-state index contributed by atoms with van der Waals surface area (Å²) in [5.74, 6) is -1.60. The second kappa shape index (κ2) is 8.74. The molecule has 0 aliphatic carbocycles. The average Bonchev–Trinajstić information content (AvgIpc) is 2.63. The molecule has 1 amide bonds. The zero-order valence-electron chi connectivity index (χ0n) is 13.8. The topological polar surface area (TPSA) is 109 Å². The molecule has 2 aromatic carbocycles. The molecule has 0 aliphatic heterocycles. The molecular weight excluding hydrogens is 360 g/mol. The molecule has 2 N–H and O–H groups in total. The smallest absolute Gasteiger partial charge is 0.338 e. The van der Waals surface area contributed by atoms with Crippen molar-refractivity contribution in [2.45, 2.75) is 6.92 Å². The lowest BCUT2D eigenvalue weighted by molar-refractivity contribution is -0.119. The van der Waals surface area contributed by atoms with Crippen molar-refractivity contribution in [3.63, 3.8) is 0 Å². The van der Waals surface area contributed by atoms with Gasteiger partial charge in [0.2, 0.25) is 0 Å². The minimum Gasteiger partial charge on any atom is -0.503 e. The number of carbonyl (C=O) groups is 2. The van der Waals surface area contributed by atoms with E-state index in [0.29, 0.717) is 11.3 Å². The zero-order chi connectivity index (χ0) is 19.1. The Kier molecular flexibility index (Phi) is 6.42. The van der Waals surface area contributed by atoms with Crippen molar-refractivity contribution in [3.05, 3.63) is 52.5 Å². The number of rotatable bonds is 6. The van der Waals surface area contributed by atoms with Crippen LogP contribution in [-0.2, 0) is 9.53 Å². The number of ether oxygens (including phenoxy) is 2. The molecule has 0 saturated heterocycles. The third-order valence-electron chi connectivity index (χ3n) is 3.17. The van der Waals surface area contributed by atoms with Gasteiger partial charge in [-0.05, 0) is 37.3 Å². The number of nitriles is 1. The van der Waals surface area contributed by atoms with E-state index in [9.17, 15) is 14.7 Å². The number of hydrogen-bond donors (Lipinski definition) is 2. The number of nitrogens with one attached hydrogen (secondary N) is 1. The maximum atomic E-state index is 12.1. The molecule has 26 heavy (non-hydrogen) atoms. The van der Waals surface area contributed by atoms with E-state index in [1.54, 1.807) is 25.1 Å². The van der Waals surface area contributed by atoms with Crippen LogP contribution >= 0.6 is 11.6 Å². The molecule has 0 heterocycles. The third kappa shape index (κ3) is 4.88. The zero-order valence-corrected chi connectivity index (χ0v) is 14.5. The monoisotopic (exact) mass is 374 g/mol. The van der Waals surface area contributed by atoms with Crippen LogP contribution in [0, 0.1) is 11.3 Å². The molecule has 0 spiro atoms. The van der Waals surface area contributed by atoms with Gasteiger partial charge in [0.05, 0.1) is 28.8 Å². The number of anilines is 1. The van der Waals surface area contributed by atoms with Crippen molar-refractivity contribution in [3.8, 4) is 17.6 Å². The van der Waals surface area contributed by atoms with E-state index in [-0.39, 0.29) is 28.7 Å². The summed E-state index contributed by atoms with van der Waals surface area (Å²) in [6.45, 7) is 1.45. The van der Waals surface area contributed by atoms with Crippen LogP contribution in [0.2, 0.25) is 5.02 Å². The van der Waals surface area contributed by atoms with Gasteiger partial charge in [-0.3, -0.25) is 4.79 Å². The van der Waals surface area contributed by atoms with Crippen molar-refractivity contribution in [1.82, 2.24) is 0 Å². The number of amides is 1. The Labute approximate surface area is 154 Å². The summed E-state index contributed by atoms with van der Waals surface area (Å²) in [6, 6.07) is 10.8. The SMILES string of the molecule is CCOc1cc(C(=O)OCC(=O)Nc2cccc(C#N)c2)cc(Cl)c1O. The highest BCUT2D eigenvalue weighted by molar-refractivity contribution is 6.32. The summed E-state index contributed by atoms with van der Waals surface area (Å²) < 4.78 is 10.1. The maximum Gasteiger partial charge on any atom is 0.338 e. The van der Waals surface area contributed by atoms with Crippen LogP contribution in [-0.4, -0.2) is 30.2 Å². The Hall–Kier alpha value is -3.24. The van der Waals surface area contributed by atoms with E-state index in [4.69, 9.17) is 26.3 Å². The fourth-order valence-corrected chi connectivity index (χ4v) is 2.25. The van der Waals surface area contributed by atoms with Gasteiger partial charge < -0.3 is 19.9 Å². The maximum absolute atomic E-state index is 12.1. The first-order chi connectivity index (χ1) is 12.4. The minimum atomic E-state index is -0.797. The van der Waals surface area contributed by atoms with E-state index < -0.39 is 18.5 Å². The minimum absolute atomic E-state index is 0.0375. The van der Waals surface area contributed by atoms with E-state index in [0.717, 1.165) is 0 Å². The van der Waals surface area contributed by atoms with Crippen molar-refractivity contribution in [2.75, 3.05) is 18.5 Å². The second-order valence-corrected chi connectivity index (χ2v) is 5.46. The van der Waals surface area contributed by atoms with E-state index in [2.05, 4.69) is 5.32 Å². The second-order valence-electron chi connectivity index (χ2n) is 5.05. The molecule has 0 fully saturated rings. The first kappa shape index (κ1) is 19.1. The molecule has 0 radical (unpaired) electrons. The fourth-order valence-electron chi connectivity index (χ4n) is 2.04. The van der Waals surface area contributed by atoms with Gasteiger partial charge in [-0.1, -0.05) is 17.7 Å². The van der Waals surface area contributed by atoms with E-state index >= 15 is 0 Å². The average molecular weight is 375 g/mol. The van der Waals surface area contributed by atoms with Crippen molar-refractivity contribution in [1.29, 1.82) is 5.26 Å². The molecule has 0 unspecified atom stereocenters. The molecule has 0 saturated carbocycles. The molecule has 134 valence electrons. The highest BCUT2D eigenvalue weighted by Crippen LogP contribution is 2.35. The van der Waals surface area contributed by atoms with Gasteiger partial charge >= 0.3 is 5.97 Å². The Balaban J connectivity index is 1.99. The van der Waals surface area contributed by atoms with Crippen LogP contribution < -0.4 is 10.1 Å². The molecule has 0 aliphatic rings. The summed E-state index contributed by atoms with van der Waals surface area (Å²) in [5.41, 5.74) is 0.842. The van der Waals surface area contributed by atoms with Gasteiger partial charge in [0.15, 0.2) is 18.1 Å². The predicted molar refractivity (Wildman–Crippen MR) is 94.4 cm³/mol. The lowest BCUT2D eigenvalue weighted by atomic mass is 10.2. The van der Waals surface area contributed by atoms with Crippen LogP contribution in [0.15, 0.2) is 36.4 Å². The van der Waals surface area contributed by atoms with Gasteiger partial charge in [-0.2, -0.15) is 5.26 Å². The van der Waals surface area contributed by atoms with Crippen molar-refractivity contribution >= 4 is 29.2 Å². The summed E-state index contributed by atoms with van der Waals surface area (Å²) in [7, 11) is 0. The van der Waals surface area contributed by atoms with Gasteiger partial charge in [-0.25, -0.2) is 4.79 Å². The number of nitrogens with zero attached hydrogens (tertiary/aromatic N) is 1. The predicted octanol–water partition coefficient (Wildman–Crippen LogP) is 3.11. The highest BCUT2D eigenvalue weighted by atomic mass is 35.5. The molecule has 0 atom stereocenters. The lowest BCUT2D eigenvalue weighted by Crippen LogP contribution is -2.21. The number of halogens is 1. The number of esters is 1. The van der Waals surface area contributed by atoms with Crippen LogP contribution in [0.5, 0.6) is 11.5 Å². The van der Waals surface area contributed by atoms with Gasteiger partial charge in [0, 0.05) is 5.69 Å². The first-order valence-corrected chi connectivity index (χ1v) is 7.94. The molecule has 2 rings (SSSR count). The normalized spacial score (nSPS) is 9.88. The number of phenolic OH excluding ortho intramolecular Hbond substituents is 1. The van der Waals surface area contributed by atoms with E-state index in [1.165, 1.54) is 18.2 Å². The Morgan fingerprint density at radius 1 is 1.31 bits per heavy atom. The highest BCUT2D eigenvalue weighted by Gasteiger charge is 2.16. The molecule has 7 nitrogen and oxygen atoms in total. The molecule has 2 aromatic rings. The van der Waals surface area contributed by atoms with Crippen molar-refractivity contribution < 1.29 is 24.2 Å². The van der Waals surface area contributed by atoms with Gasteiger partial charge in [0.1, 0.15) is 0 Å². The largest absolute Gasteiger partial charge is 0.503 e. The van der Waals surface area contributed by atoms with Crippen molar-refractivity contribution in [2.24, 2.45) is 0 Å². The quantitative estimate of drug-likeness (QED) is 0.752. The molecule has 0 aromatic heterocycles. The molecular formula is C18H15ClN2O5. The number of benzene rings is 2. The first-order valence-electron chi connectivity index (χ1n) is 7.57. The number of hydrogen-bond acceptors (Lipinski definition) is 6.